The van der Waals surface area contributed by atoms with Gasteiger partial charge in [0.1, 0.15) is 5.75 Å². The van der Waals surface area contributed by atoms with E-state index in [0.717, 1.165) is 4.90 Å². The summed E-state index contributed by atoms with van der Waals surface area (Å²) in [7, 11) is 0. The molecule has 0 radical (unpaired) electrons. The van der Waals surface area contributed by atoms with E-state index in [1.807, 2.05) is 0 Å². The Kier molecular flexibility index (Phi) is 6.74. The molecule has 1 heterocycles. The predicted octanol–water partition coefficient (Wildman–Crippen LogP) is 4.54. The highest BCUT2D eigenvalue weighted by atomic mass is 35.5. The van der Waals surface area contributed by atoms with Crippen LogP contribution < -0.4 is 15.0 Å². The summed E-state index contributed by atoms with van der Waals surface area (Å²) in [6, 6.07) is 15.4. The minimum absolute atomic E-state index is 0.00178. The maximum absolute atomic E-state index is 12.8. The Hall–Kier alpha value is -4.31. The first-order valence-corrected chi connectivity index (χ1v) is 10.4. The largest absolute Gasteiger partial charge is 0.452 e. The van der Waals surface area contributed by atoms with Crippen LogP contribution in [0, 0.1) is 0 Å². The molecule has 3 aromatic rings. The highest BCUT2D eigenvalue weighted by Gasteiger charge is 2.37. The van der Waals surface area contributed by atoms with E-state index < -0.39 is 36.9 Å². The van der Waals surface area contributed by atoms with Crippen LogP contribution in [0.2, 0.25) is 5.02 Å². The lowest BCUT2D eigenvalue weighted by molar-refractivity contribution is -0.119. The standard InChI is InChI=1S/C24H15ClF2N2O6/c25-14-6-8-15(9-7-14)29-21(31)16-10-5-13(11-17(16)22(29)32)23(33)34-12-20(30)28-18-3-1-2-4-19(18)35-24(26)27/h1-11,24H,12H2,(H,28,30). The van der Waals surface area contributed by atoms with Crippen molar-refractivity contribution in [2.24, 2.45) is 0 Å². The highest BCUT2D eigenvalue weighted by Crippen LogP contribution is 2.30. The summed E-state index contributed by atoms with van der Waals surface area (Å²) < 4.78 is 34.3. The zero-order valence-corrected chi connectivity index (χ0v) is 18.4. The second-order valence-electron chi connectivity index (χ2n) is 7.18. The van der Waals surface area contributed by atoms with E-state index in [0.29, 0.717) is 10.7 Å². The number of benzene rings is 3. The van der Waals surface area contributed by atoms with Crippen LogP contribution in [0.1, 0.15) is 31.1 Å². The van der Waals surface area contributed by atoms with Gasteiger partial charge in [-0.2, -0.15) is 8.78 Å². The van der Waals surface area contributed by atoms with Gasteiger partial charge in [0.25, 0.3) is 17.7 Å². The zero-order valence-electron chi connectivity index (χ0n) is 17.7. The molecular weight excluding hydrogens is 486 g/mol. The van der Waals surface area contributed by atoms with E-state index in [4.69, 9.17) is 16.3 Å². The van der Waals surface area contributed by atoms with Crippen LogP contribution in [0.25, 0.3) is 0 Å². The number of fused-ring (bicyclic) bond motifs is 1. The molecule has 35 heavy (non-hydrogen) atoms. The quantitative estimate of drug-likeness (QED) is 0.377. The molecule has 1 aliphatic rings. The SMILES string of the molecule is O=C(COC(=O)c1ccc2c(c1)C(=O)N(c1ccc(Cl)cc1)C2=O)Nc1ccccc1OC(F)F. The van der Waals surface area contributed by atoms with Crippen LogP contribution in [0.15, 0.2) is 66.7 Å². The van der Waals surface area contributed by atoms with Gasteiger partial charge in [0.2, 0.25) is 0 Å². The van der Waals surface area contributed by atoms with Gasteiger partial charge in [-0.1, -0.05) is 23.7 Å². The summed E-state index contributed by atoms with van der Waals surface area (Å²) in [5, 5.41) is 2.75. The Bertz CT molecular complexity index is 1330. The number of nitrogens with zero attached hydrogens (tertiary/aromatic N) is 1. The number of hydrogen-bond donors (Lipinski definition) is 1. The number of ether oxygens (including phenoxy) is 2. The minimum Gasteiger partial charge on any atom is -0.452 e. The van der Waals surface area contributed by atoms with E-state index in [1.54, 1.807) is 0 Å². The third kappa shape index (κ3) is 5.12. The fourth-order valence-electron chi connectivity index (χ4n) is 3.36. The van der Waals surface area contributed by atoms with E-state index in [1.165, 1.54) is 66.7 Å². The molecule has 3 amide bonds. The van der Waals surface area contributed by atoms with Gasteiger partial charge < -0.3 is 14.8 Å². The summed E-state index contributed by atoms with van der Waals surface area (Å²) >= 11 is 5.86. The van der Waals surface area contributed by atoms with E-state index >= 15 is 0 Å². The lowest BCUT2D eigenvalue weighted by Gasteiger charge is -2.13. The van der Waals surface area contributed by atoms with Crippen molar-refractivity contribution in [2.75, 3.05) is 16.8 Å². The maximum atomic E-state index is 12.8. The van der Waals surface area contributed by atoms with Gasteiger partial charge in [0.15, 0.2) is 6.61 Å². The first-order chi connectivity index (χ1) is 16.7. The minimum atomic E-state index is -3.09. The van der Waals surface area contributed by atoms with Crippen molar-refractivity contribution >= 4 is 46.7 Å². The van der Waals surface area contributed by atoms with Crippen molar-refractivity contribution in [3.8, 4) is 5.75 Å². The summed E-state index contributed by atoms with van der Waals surface area (Å²) in [4.78, 5) is 51.1. The molecule has 1 aliphatic heterocycles. The number of amides is 3. The molecule has 11 heteroatoms. The molecule has 0 atom stereocenters. The lowest BCUT2D eigenvalue weighted by atomic mass is 10.1. The number of imide groups is 1. The van der Waals surface area contributed by atoms with E-state index in [-0.39, 0.29) is 28.1 Å². The number of halogens is 3. The summed E-state index contributed by atoms with van der Waals surface area (Å²) in [6.45, 7) is -3.82. The fraction of sp³-hybridized carbons (Fsp3) is 0.0833. The second kappa shape index (κ2) is 9.90. The van der Waals surface area contributed by atoms with Crippen LogP contribution in [-0.4, -0.2) is 36.9 Å². The smallest absolute Gasteiger partial charge is 0.387 e. The summed E-state index contributed by atoms with van der Waals surface area (Å²) in [5.41, 5.74) is 0.337. The Morgan fingerprint density at radius 3 is 2.34 bits per heavy atom. The van der Waals surface area contributed by atoms with Crippen molar-refractivity contribution in [1.29, 1.82) is 0 Å². The van der Waals surface area contributed by atoms with Crippen LogP contribution in [0.5, 0.6) is 5.75 Å². The average molecular weight is 501 g/mol. The summed E-state index contributed by atoms with van der Waals surface area (Å²) in [6.07, 6.45) is 0. The van der Waals surface area contributed by atoms with Crippen molar-refractivity contribution in [3.63, 3.8) is 0 Å². The second-order valence-corrected chi connectivity index (χ2v) is 7.62. The number of carbonyl (C=O) groups excluding carboxylic acids is 4. The number of hydrogen-bond acceptors (Lipinski definition) is 6. The molecule has 1 N–H and O–H groups in total. The van der Waals surface area contributed by atoms with Crippen LogP contribution in [0.3, 0.4) is 0 Å². The predicted molar refractivity (Wildman–Crippen MR) is 121 cm³/mol. The van der Waals surface area contributed by atoms with Crippen molar-refractivity contribution in [1.82, 2.24) is 0 Å². The topological polar surface area (TPSA) is 102 Å². The normalized spacial score (nSPS) is 12.5. The van der Waals surface area contributed by atoms with Crippen LogP contribution in [0.4, 0.5) is 20.2 Å². The van der Waals surface area contributed by atoms with Gasteiger partial charge in [-0.25, -0.2) is 9.69 Å². The molecule has 4 rings (SSSR count). The molecule has 0 unspecified atom stereocenters. The third-order valence-corrected chi connectivity index (χ3v) is 5.17. The molecule has 178 valence electrons. The van der Waals surface area contributed by atoms with Gasteiger partial charge in [-0.15, -0.1) is 0 Å². The van der Waals surface area contributed by atoms with E-state index in [2.05, 4.69) is 10.1 Å². The number of para-hydroxylation sites is 2. The van der Waals surface area contributed by atoms with Gasteiger partial charge >= 0.3 is 12.6 Å². The number of anilines is 2. The van der Waals surface area contributed by atoms with Crippen LogP contribution in [-0.2, 0) is 9.53 Å². The number of nitrogens with one attached hydrogen (secondary N) is 1. The zero-order chi connectivity index (χ0) is 25.1. The molecule has 0 spiro atoms. The van der Waals surface area contributed by atoms with Crippen molar-refractivity contribution < 1.29 is 37.4 Å². The first kappa shape index (κ1) is 23.8. The molecule has 0 fully saturated rings. The molecule has 0 aliphatic carbocycles. The molecule has 0 saturated heterocycles. The Balaban J connectivity index is 1.43. The maximum Gasteiger partial charge on any atom is 0.387 e. The Morgan fingerprint density at radius 2 is 1.63 bits per heavy atom. The number of esters is 1. The first-order valence-electron chi connectivity index (χ1n) is 10.0. The van der Waals surface area contributed by atoms with Gasteiger partial charge in [-0.05, 0) is 54.6 Å². The van der Waals surface area contributed by atoms with Gasteiger partial charge in [0, 0.05) is 5.02 Å². The number of carbonyl (C=O) groups is 4. The van der Waals surface area contributed by atoms with Gasteiger partial charge in [-0.3, -0.25) is 14.4 Å². The number of rotatable bonds is 7. The number of alkyl halides is 2. The Labute approximate surface area is 202 Å². The molecule has 0 saturated carbocycles. The van der Waals surface area contributed by atoms with Crippen LogP contribution >= 0.6 is 11.6 Å². The summed E-state index contributed by atoms with van der Waals surface area (Å²) in [5.74, 6) is -3.17. The van der Waals surface area contributed by atoms with Crippen molar-refractivity contribution in [3.05, 3.63) is 88.4 Å². The fourth-order valence-corrected chi connectivity index (χ4v) is 3.49. The molecular formula is C24H15ClF2N2O6. The third-order valence-electron chi connectivity index (χ3n) is 4.92. The Morgan fingerprint density at radius 1 is 0.943 bits per heavy atom. The highest BCUT2D eigenvalue weighted by molar-refractivity contribution is 6.35. The van der Waals surface area contributed by atoms with E-state index in [9.17, 15) is 28.0 Å². The molecule has 0 bridgehead atoms. The lowest BCUT2D eigenvalue weighted by Crippen LogP contribution is -2.29. The molecule has 3 aromatic carbocycles. The monoisotopic (exact) mass is 500 g/mol. The molecule has 8 nitrogen and oxygen atoms in total. The van der Waals surface area contributed by atoms with Gasteiger partial charge in [0.05, 0.1) is 28.1 Å². The van der Waals surface area contributed by atoms with Crippen molar-refractivity contribution in [2.45, 2.75) is 6.61 Å². The average Bonchev–Trinajstić information content (AvgIpc) is 3.08. The molecule has 0 aromatic heterocycles.